The molecule has 0 aromatic heterocycles. The molecule has 2 amide bonds. The number of carbonyl (C=O) groups excluding carboxylic acids is 3. The third kappa shape index (κ3) is 7.73. The maximum absolute atomic E-state index is 12.0. The molecular weight excluding hydrogens is 361 g/mol. The average Bonchev–Trinajstić information content (AvgIpc) is 2.61. The fraction of sp³-hybridized carbons (Fsp3) is 0.400. The number of nitrogens with one attached hydrogen (secondary N) is 2. The number of amides is 2. The summed E-state index contributed by atoms with van der Waals surface area (Å²) in [6, 6.07) is 4.37. The maximum atomic E-state index is 12.0. The third-order valence-corrected chi connectivity index (χ3v) is 2.86. The van der Waals surface area contributed by atoms with E-state index in [4.69, 9.17) is 9.47 Å². The fourth-order valence-corrected chi connectivity index (χ4v) is 1.64. The van der Waals surface area contributed by atoms with Gasteiger partial charge in [-0.05, 0) is 12.1 Å². The minimum Gasteiger partial charge on any atom is -0.497 e. The lowest BCUT2D eigenvalue weighted by molar-refractivity contribution is -0.150. The number of carbonyl (C=O) groups is 3. The van der Waals surface area contributed by atoms with Gasteiger partial charge < -0.3 is 24.8 Å². The minimum atomic E-state index is -4.56. The molecule has 0 unspecified atom stereocenters. The summed E-state index contributed by atoms with van der Waals surface area (Å²) in [5.74, 6) is -2.02. The molecule has 0 fully saturated rings. The summed E-state index contributed by atoms with van der Waals surface area (Å²) in [5.41, 5.74) is 0.150. The van der Waals surface area contributed by atoms with Crippen LogP contribution in [-0.4, -0.2) is 57.9 Å². The summed E-state index contributed by atoms with van der Waals surface area (Å²) < 4.78 is 50.2. The van der Waals surface area contributed by atoms with Crippen LogP contribution in [0.15, 0.2) is 18.2 Å². The van der Waals surface area contributed by atoms with Gasteiger partial charge in [0.1, 0.15) is 24.6 Å². The van der Waals surface area contributed by atoms with E-state index in [1.54, 1.807) is 6.07 Å². The van der Waals surface area contributed by atoms with E-state index in [9.17, 15) is 27.6 Å². The Morgan fingerprint density at radius 1 is 1.00 bits per heavy atom. The van der Waals surface area contributed by atoms with Crippen LogP contribution in [0.5, 0.6) is 11.5 Å². The number of benzene rings is 1. The Labute approximate surface area is 146 Å². The minimum absolute atomic E-state index is 0.150. The summed E-state index contributed by atoms with van der Waals surface area (Å²) >= 11 is 0. The smallest absolute Gasteiger partial charge is 0.405 e. The Hall–Kier alpha value is -2.98. The van der Waals surface area contributed by atoms with Crippen LogP contribution in [0, 0.1) is 0 Å². The Kier molecular flexibility index (Phi) is 7.69. The van der Waals surface area contributed by atoms with Crippen LogP contribution in [0.4, 0.5) is 13.2 Å². The number of methoxy groups -OCH3 is 2. The van der Waals surface area contributed by atoms with Crippen LogP contribution in [0.3, 0.4) is 0 Å². The second-order valence-electron chi connectivity index (χ2n) is 4.84. The van der Waals surface area contributed by atoms with Crippen molar-refractivity contribution in [2.75, 3.05) is 33.9 Å². The molecule has 0 aliphatic heterocycles. The van der Waals surface area contributed by atoms with E-state index in [1.807, 2.05) is 0 Å². The molecule has 26 heavy (non-hydrogen) atoms. The van der Waals surface area contributed by atoms with Gasteiger partial charge in [-0.1, -0.05) is 0 Å². The highest BCUT2D eigenvalue weighted by atomic mass is 19.4. The van der Waals surface area contributed by atoms with Gasteiger partial charge in [0.2, 0.25) is 0 Å². The Balaban J connectivity index is 2.45. The van der Waals surface area contributed by atoms with Gasteiger partial charge in [0.25, 0.3) is 11.8 Å². The number of hydrogen-bond acceptors (Lipinski definition) is 6. The van der Waals surface area contributed by atoms with Crippen molar-refractivity contribution in [1.82, 2.24) is 10.6 Å². The molecule has 1 aromatic carbocycles. The van der Waals surface area contributed by atoms with E-state index in [0.29, 0.717) is 11.5 Å². The van der Waals surface area contributed by atoms with Crippen LogP contribution >= 0.6 is 0 Å². The number of esters is 1. The molecule has 0 bridgehead atoms. The van der Waals surface area contributed by atoms with E-state index in [1.165, 1.54) is 31.7 Å². The van der Waals surface area contributed by atoms with E-state index >= 15 is 0 Å². The predicted molar refractivity (Wildman–Crippen MR) is 81.9 cm³/mol. The highest BCUT2D eigenvalue weighted by molar-refractivity contribution is 5.96. The highest BCUT2D eigenvalue weighted by Gasteiger charge is 2.27. The molecular formula is C15H17F3N2O6. The number of ether oxygens (including phenoxy) is 3. The molecule has 0 aliphatic rings. The molecule has 144 valence electrons. The topological polar surface area (TPSA) is 103 Å². The summed E-state index contributed by atoms with van der Waals surface area (Å²) in [5, 5.41) is 3.78. The van der Waals surface area contributed by atoms with Crippen LogP contribution in [0.1, 0.15) is 10.4 Å². The molecule has 0 aliphatic carbocycles. The van der Waals surface area contributed by atoms with Gasteiger partial charge >= 0.3 is 12.1 Å². The van der Waals surface area contributed by atoms with Crippen molar-refractivity contribution in [3.05, 3.63) is 23.8 Å². The Morgan fingerprint density at radius 3 is 2.08 bits per heavy atom. The van der Waals surface area contributed by atoms with Crippen LogP contribution in [0.2, 0.25) is 0 Å². The third-order valence-electron chi connectivity index (χ3n) is 2.86. The van der Waals surface area contributed by atoms with E-state index in [2.05, 4.69) is 10.1 Å². The first-order valence-corrected chi connectivity index (χ1v) is 7.15. The average molecular weight is 378 g/mol. The van der Waals surface area contributed by atoms with Crippen molar-refractivity contribution in [3.63, 3.8) is 0 Å². The summed E-state index contributed by atoms with van der Waals surface area (Å²) in [7, 11) is 2.80. The van der Waals surface area contributed by atoms with E-state index in [0.717, 1.165) is 0 Å². The van der Waals surface area contributed by atoms with Gasteiger partial charge in [0.05, 0.1) is 14.2 Å². The Bertz CT molecular complexity index is 641. The number of hydrogen-bond donors (Lipinski definition) is 2. The van der Waals surface area contributed by atoms with Gasteiger partial charge in [0.15, 0.2) is 6.61 Å². The second kappa shape index (κ2) is 9.49. The van der Waals surface area contributed by atoms with Gasteiger partial charge in [-0.2, -0.15) is 13.2 Å². The van der Waals surface area contributed by atoms with E-state index < -0.39 is 43.7 Å². The first-order chi connectivity index (χ1) is 12.1. The lowest BCUT2D eigenvalue weighted by Crippen LogP contribution is -2.37. The van der Waals surface area contributed by atoms with Gasteiger partial charge in [-0.25, -0.2) is 0 Å². The zero-order valence-electron chi connectivity index (χ0n) is 13.9. The van der Waals surface area contributed by atoms with Crippen molar-refractivity contribution in [2.24, 2.45) is 0 Å². The molecule has 1 rings (SSSR count). The second-order valence-corrected chi connectivity index (χ2v) is 4.84. The highest BCUT2D eigenvalue weighted by Crippen LogP contribution is 2.22. The maximum Gasteiger partial charge on any atom is 0.405 e. The molecule has 2 N–H and O–H groups in total. The zero-order chi connectivity index (χ0) is 19.7. The normalized spacial score (nSPS) is 10.7. The number of halogens is 3. The van der Waals surface area contributed by atoms with Gasteiger partial charge in [-0.3, -0.25) is 14.4 Å². The summed E-state index contributed by atoms with van der Waals surface area (Å²) in [6.45, 7) is -3.00. The quantitative estimate of drug-likeness (QED) is 0.644. The van der Waals surface area contributed by atoms with E-state index in [-0.39, 0.29) is 5.56 Å². The predicted octanol–water partition coefficient (Wildman–Crippen LogP) is 0.655. The Morgan fingerprint density at radius 2 is 1.58 bits per heavy atom. The van der Waals surface area contributed by atoms with Gasteiger partial charge in [0, 0.05) is 11.6 Å². The lowest BCUT2D eigenvalue weighted by Gasteiger charge is -2.10. The van der Waals surface area contributed by atoms with Crippen molar-refractivity contribution in [1.29, 1.82) is 0 Å². The molecule has 11 heteroatoms. The standard InChI is InChI=1S/C15H17F3N2O6/c1-24-10-3-9(4-11(5-10)25-2)14(23)19-6-13(22)26-7-12(21)20-8-15(16,17)18/h3-5H,6-8H2,1-2H3,(H,19,23)(H,20,21). The number of alkyl halides is 3. The zero-order valence-corrected chi connectivity index (χ0v) is 13.9. The largest absolute Gasteiger partial charge is 0.497 e. The summed E-state index contributed by atoms with van der Waals surface area (Å²) in [6.07, 6.45) is -4.56. The molecule has 0 atom stereocenters. The number of rotatable bonds is 8. The lowest BCUT2D eigenvalue weighted by atomic mass is 10.2. The first-order valence-electron chi connectivity index (χ1n) is 7.15. The van der Waals surface area contributed by atoms with Crippen LogP contribution < -0.4 is 20.1 Å². The van der Waals surface area contributed by atoms with Gasteiger partial charge in [-0.15, -0.1) is 0 Å². The van der Waals surface area contributed by atoms with Crippen molar-refractivity contribution in [2.45, 2.75) is 6.18 Å². The molecule has 0 radical (unpaired) electrons. The van der Waals surface area contributed by atoms with Crippen LogP contribution in [-0.2, 0) is 14.3 Å². The molecule has 0 saturated carbocycles. The van der Waals surface area contributed by atoms with Crippen molar-refractivity contribution >= 4 is 17.8 Å². The SMILES string of the molecule is COc1cc(OC)cc(C(=O)NCC(=O)OCC(=O)NCC(F)(F)F)c1. The molecule has 1 aromatic rings. The molecule has 8 nitrogen and oxygen atoms in total. The summed E-state index contributed by atoms with van der Waals surface area (Å²) in [4.78, 5) is 34.5. The molecule has 0 spiro atoms. The van der Waals surface area contributed by atoms with Crippen molar-refractivity contribution in [3.8, 4) is 11.5 Å². The van der Waals surface area contributed by atoms with Crippen molar-refractivity contribution < 1.29 is 41.8 Å². The fourth-order valence-electron chi connectivity index (χ4n) is 1.64. The molecule has 0 saturated heterocycles. The van der Waals surface area contributed by atoms with Crippen LogP contribution in [0.25, 0.3) is 0 Å². The first kappa shape index (κ1) is 21.1. The molecule has 0 heterocycles. The monoisotopic (exact) mass is 378 g/mol.